The normalized spacial score (nSPS) is 8.17. The molecule has 0 saturated heterocycles. The lowest BCUT2D eigenvalue weighted by atomic mass is 10.3. The molecule has 0 radical (unpaired) electrons. The van der Waals surface area contributed by atoms with Gasteiger partial charge >= 0.3 is 17.7 Å². The Balaban J connectivity index is 4.31. The molecular weight excluding hydrogens is 164 g/mol. The fourth-order valence-corrected chi connectivity index (χ4v) is 0.475. The van der Waals surface area contributed by atoms with Gasteiger partial charge in [0.2, 0.25) is 0 Å². The van der Waals surface area contributed by atoms with Crippen LogP contribution in [0.25, 0.3) is 5.53 Å². The molecule has 0 aromatic heterocycles. The Bertz CT molecular complexity index is 242. The summed E-state index contributed by atoms with van der Waals surface area (Å²) in [6.07, 6.45) is -0.403. The lowest BCUT2D eigenvalue weighted by molar-refractivity contribution is -0.144. The van der Waals surface area contributed by atoms with Crippen LogP contribution in [-0.2, 0) is 19.1 Å². The Morgan fingerprint density at radius 2 is 1.92 bits per heavy atom. The zero-order valence-electron chi connectivity index (χ0n) is 6.73. The van der Waals surface area contributed by atoms with Crippen molar-refractivity contribution in [2.75, 3.05) is 14.2 Å². The van der Waals surface area contributed by atoms with Crippen LogP contribution < -0.4 is 0 Å². The van der Waals surface area contributed by atoms with Crippen molar-refractivity contribution in [3.05, 3.63) is 5.53 Å². The quantitative estimate of drug-likeness (QED) is 0.246. The fourth-order valence-electron chi connectivity index (χ4n) is 0.475. The van der Waals surface area contributed by atoms with E-state index in [9.17, 15) is 9.59 Å². The number of nitrogens with zero attached hydrogens (tertiary/aromatic N) is 2. The summed E-state index contributed by atoms with van der Waals surface area (Å²) in [6.45, 7) is 0. The van der Waals surface area contributed by atoms with Gasteiger partial charge < -0.3 is 15.0 Å². The molecule has 0 atom stereocenters. The van der Waals surface area contributed by atoms with Gasteiger partial charge in [-0.2, -0.15) is 4.79 Å². The summed E-state index contributed by atoms with van der Waals surface area (Å²) >= 11 is 0. The first-order chi connectivity index (χ1) is 5.65. The maximum atomic E-state index is 10.7. The largest absolute Gasteiger partial charge is 0.469 e. The number of rotatable bonds is 3. The first-order valence-corrected chi connectivity index (χ1v) is 3.01. The topological polar surface area (TPSA) is 89.0 Å². The molecule has 0 aliphatic carbocycles. The summed E-state index contributed by atoms with van der Waals surface area (Å²) in [5.74, 6) is -1.53. The van der Waals surface area contributed by atoms with Gasteiger partial charge in [0.25, 0.3) is 0 Å². The highest BCUT2D eigenvalue weighted by Gasteiger charge is 2.24. The van der Waals surface area contributed by atoms with Crippen molar-refractivity contribution in [1.29, 1.82) is 0 Å². The molecule has 0 aromatic carbocycles. The van der Waals surface area contributed by atoms with Gasteiger partial charge in [0.05, 0.1) is 14.2 Å². The van der Waals surface area contributed by atoms with E-state index in [-0.39, 0.29) is 5.71 Å². The molecule has 0 aromatic rings. The summed E-state index contributed by atoms with van der Waals surface area (Å²) < 4.78 is 8.45. The minimum Gasteiger partial charge on any atom is -0.469 e. The van der Waals surface area contributed by atoms with Gasteiger partial charge in [0.1, 0.15) is 0 Å². The van der Waals surface area contributed by atoms with Crippen LogP contribution in [0.3, 0.4) is 0 Å². The van der Waals surface area contributed by atoms with Gasteiger partial charge in [-0.05, 0) is 0 Å². The van der Waals surface area contributed by atoms with Crippen LogP contribution in [0.4, 0.5) is 0 Å². The van der Waals surface area contributed by atoms with E-state index in [0.29, 0.717) is 0 Å². The van der Waals surface area contributed by atoms with E-state index in [1.165, 1.54) is 0 Å². The predicted octanol–water partition coefficient (Wildman–Crippen LogP) is -0.607. The molecule has 0 bridgehead atoms. The van der Waals surface area contributed by atoms with Crippen LogP contribution in [0.2, 0.25) is 0 Å². The van der Waals surface area contributed by atoms with Crippen molar-refractivity contribution in [3.63, 3.8) is 0 Å². The Hall–Kier alpha value is -1.68. The number of esters is 2. The van der Waals surface area contributed by atoms with E-state index >= 15 is 0 Å². The predicted molar refractivity (Wildman–Crippen MR) is 37.3 cm³/mol. The molecule has 0 aliphatic heterocycles. The summed E-state index contributed by atoms with van der Waals surface area (Å²) in [4.78, 5) is 23.8. The van der Waals surface area contributed by atoms with Crippen molar-refractivity contribution < 1.29 is 23.9 Å². The highest BCUT2D eigenvalue weighted by molar-refractivity contribution is 6.36. The van der Waals surface area contributed by atoms with Crippen molar-refractivity contribution in [1.82, 2.24) is 0 Å². The zero-order valence-corrected chi connectivity index (χ0v) is 6.73. The number of hydrogen-bond acceptors (Lipinski definition) is 4. The minimum absolute atomic E-state index is 0.385. The average molecular weight is 172 g/mol. The van der Waals surface area contributed by atoms with Crippen molar-refractivity contribution in [2.24, 2.45) is 0 Å². The van der Waals surface area contributed by atoms with E-state index in [1.807, 2.05) is 0 Å². The third-order valence-electron chi connectivity index (χ3n) is 1.08. The average Bonchev–Trinajstić information content (AvgIpc) is 2.12. The molecule has 66 valence electrons. The van der Waals surface area contributed by atoms with Gasteiger partial charge in [0.15, 0.2) is 6.42 Å². The van der Waals surface area contributed by atoms with Crippen molar-refractivity contribution in [2.45, 2.75) is 6.42 Å². The Morgan fingerprint density at radius 1 is 1.33 bits per heavy atom. The zero-order chi connectivity index (χ0) is 9.56. The van der Waals surface area contributed by atoms with Gasteiger partial charge in [-0.3, -0.25) is 4.79 Å². The Kier molecular flexibility index (Phi) is 4.33. The molecule has 0 spiro atoms. The monoisotopic (exact) mass is 172 g/mol. The molecule has 6 heteroatoms. The molecule has 0 heterocycles. The van der Waals surface area contributed by atoms with Crippen LogP contribution in [-0.4, -0.2) is 36.7 Å². The fraction of sp³-hybridized carbons (Fsp3) is 0.500. The lowest BCUT2D eigenvalue weighted by Gasteiger charge is -1.93. The van der Waals surface area contributed by atoms with E-state index in [2.05, 4.69) is 14.3 Å². The molecule has 0 fully saturated rings. The van der Waals surface area contributed by atoms with Gasteiger partial charge in [-0.15, -0.1) is 0 Å². The summed E-state index contributed by atoms with van der Waals surface area (Å²) in [7, 11) is 2.28. The van der Waals surface area contributed by atoms with E-state index in [4.69, 9.17) is 5.53 Å². The van der Waals surface area contributed by atoms with E-state index in [1.54, 1.807) is 0 Å². The Labute approximate surface area is 68.7 Å². The highest BCUT2D eigenvalue weighted by Crippen LogP contribution is 1.89. The minimum atomic E-state index is -0.858. The summed E-state index contributed by atoms with van der Waals surface area (Å²) in [5.41, 5.74) is 7.87. The third kappa shape index (κ3) is 2.94. The maximum Gasteiger partial charge on any atom is 0.417 e. The van der Waals surface area contributed by atoms with Crippen LogP contribution in [0.15, 0.2) is 0 Å². The van der Waals surface area contributed by atoms with Crippen molar-refractivity contribution >= 4 is 17.7 Å². The molecule has 0 rings (SSSR count). The summed E-state index contributed by atoms with van der Waals surface area (Å²) in [6, 6.07) is 0. The standard InChI is InChI=1S/C6H8N2O4/c1-11-5(9)3-4(8-7)6(10)12-2/h3H2,1-2H3. The second-order valence-corrected chi connectivity index (χ2v) is 1.79. The smallest absolute Gasteiger partial charge is 0.417 e. The van der Waals surface area contributed by atoms with E-state index < -0.39 is 18.4 Å². The first-order valence-electron chi connectivity index (χ1n) is 3.01. The van der Waals surface area contributed by atoms with Crippen LogP contribution >= 0.6 is 0 Å². The molecule has 0 N–H and O–H groups in total. The number of carbonyl (C=O) groups is 2. The third-order valence-corrected chi connectivity index (χ3v) is 1.08. The number of carbonyl (C=O) groups excluding carboxylic acids is 2. The first kappa shape index (κ1) is 10.3. The second kappa shape index (κ2) is 5.03. The second-order valence-electron chi connectivity index (χ2n) is 1.79. The molecule has 12 heavy (non-hydrogen) atoms. The van der Waals surface area contributed by atoms with Crippen LogP contribution in [0.5, 0.6) is 0 Å². The summed E-state index contributed by atoms with van der Waals surface area (Å²) in [5, 5.41) is 0. The Morgan fingerprint density at radius 3 is 2.25 bits per heavy atom. The molecule has 0 amide bonds. The van der Waals surface area contributed by atoms with Gasteiger partial charge in [-0.1, -0.05) is 0 Å². The van der Waals surface area contributed by atoms with E-state index in [0.717, 1.165) is 14.2 Å². The maximum absolute atomic E-state index is 10.7. The number of hydrogen-bond donors (Lipinski definition) is 0. The number of methoxy groups -OCH3 is 2. The molecule has 6 nitrogen and oxygen atoms in total. The van der Waals surface area contributed by atoms with Gasteiger partial charge in [0, 0.05) is 0 Å². The molecule has 0 saturated carbocycles. The SMILES string of the molecule is COC(=O)CC(=[N+]=[N-])C(=O)OC. The number of ether oxygens (including phenoxy) is 2. The molecule has 0 aliphatic rings. The highest BCUT2D eigenvalue weighted by atomic mass is 16.5. The molecule has 0 unspecified atom stereocenters. The van der Waals surface area contributed by atoms with Crippen LogP contribution in [0.1, 0.15) is 6.42 Å². The van der Waals surface area contributed by atoms with Crippen LogP contribution in [0, 0.1) is 0 Å². The lowest BCUT2D eigenvalue weighted by Crippen LogP contribution is -2.21. The van der Waals surface area contributed by atoms with Crippen molar-refractivity contribution in [3.8, 4) is 0 Å². The van der Waals surface area contributed by atoms with Gasteiger partial charge in [-0.25, -0.2) is 4.79 Å². The molecular formula is C6H8N2O4.